The molecule has 4 amide bonds. The van der Waals surface area contributed by atoms with Crippen LogP contribution in [0.5, 0.6) is 5.88 Å². The Kier molecular flexibility index (Phi) is 8.33. The van der Waals surface area contributed by atoms with Gasteiger partial charge in [0.1, 0.15) is 0 Å². The van der Waals surface area contributed by atoms with Gasteiger partial charge in [-0.25, -0.2) is 4.98 Å². The standard InChI is InChI=1S/C31H30N6O5S2/c1-29(19-32)18-31(44-28(41)35-22-13-9-6-10-14-22)26(39)36(3)30(2,43-27(40)34-21-11-7-5-8-12-21)25(38)37(31)24(29)20-15-16-23(42-4)33-17-20/h5-17,24H,18H2,1-4H3,(H,34,40)(H,35,41)/t24?,29-,30+,31?/m1/s1. The molecule has 0 spiro atoms. The maximum absolute atomic E-state index is 14.8. The average molecular weight is 631 g/mol. The van der Waals surface area contributed by atoms with E-state index in [-0.39, 0.29) is 6.42 Å². The van der Waals surface area contributed by atoms with Crippen molar-refractivity contribution >= 4 is 57.2 Å². The number of carbonyl (C=O) groups is 4. The van der Waals surface area contributed by atoms with Crippen molar-refractivity contribution in [1.82, 2.24) is 14.8 Å². The molecule has 0 aliphatic carbocycles. The molecule has 11 nitrogen and oxygen atoms in total. The number of para-hydroxylation sites is 2. The van der Waals surface area contributed by atoms with Crippen molar-refractivity contribution < 1.29 is 23.9 Å². The third-order valence-electron chi connectivity index (χ3n) is 7.89. The quantitative estimate of drug-likeness (QED) is 0.350. The molecule has 0 bridgehead atoms. The van der Waals surface area contributed by atoms with Crippen LogP contribution >= 0.6 is 23.5 Å². The van der Waals surface area contributed by atoms with E-state index in [2.05, 4.69) is 21.7 Å². The summed E-state index contributed by atoms with van der Waals surface area (Å²) in [5.41, 5.74) is 0.192. The summed E-state index contributed by atoms with van der Waals surface area (Å²) in [5, 5.41) is 14.9. The number of nitriles is 1. The molecule has 2 fully saturated rings. The fourth-order valence-electron chi connectivity index (χ4n) is 5.65. The highest BCUT2D eigenvalue weighted by Gasteiger charge is 2.72. The monoisotopic (exact) mass is 630 g/mol. The van der Waals surface area contributed by atoms with Gasteiger partial charge in [0.15, 0.2) is 9.74 Å². The topological polar surface area (TPSA) is 145 Å². The highest BCUT2D eigenvalue weighted by atomic mass is 32.2. The summed E-state index contributed by atoms with van der Waals surface area (Å²) < 4.78 is 5.20. The van der Waals surface area contributed by atoms with Crippen LogP contribution < -0.4 is 15.4 Å². The lowest BCUT2D eigenvalue weighted by molar-refractivity contribution is -0.163. The van der Waals surface area contributed by atoms with Crippen molar-refractivity contribution in [3.63, 3.8) is 0 Å². The molecular formula is C31H30N6O5S2. The molecule has 2 saturated heterocycles. The van der Waals surface area contributed by atoms with E-state index in [1.165, 1.54) is 37.1 Å². The molecule has 4 atom stereocenters. The molecule has 2 N–H and O–H groups in total. The summed E-state index contributed by atoms with van der Waals surface area (Å²) in [4.78, 5) is 59.4. The molecule has 1 aromatic heterocycles. The van der Waals surface area contributed by atoms with Crippen LogP contribution in [0.1, 0.15) is 31.9 Å². The first kappa shape index (κ1) is 30.9. The third kappa shape index (κ3) is 5.35. The molecule has 226 valence electrons. The predicted molar refractivity (Wildman–Crippen MR) is 169 cm³/mol. The molecule has 5 rings (SSSR count). The van der Waals surface area contributed by atoms with Crippen LogP contribution in [-0.2, 0) is 9.59 Å². The lowest BCUT2D eigenvalue weighted by Crippen LogP contribution is -2.71. The number of likely N-dealkylation sites (N-methyl/N-ethyl adjacent to an activating group) is 1. The molecule has 2 aliphatic heterocycles. The Morgan fingerprint density at radius 1 is 0.932 bits per heavy atom. The molecule has 44 heavy (non-hydrogen) atoms. The molecule has 3 heterocycles. The number of carbonyl (C=O) groups excluding carboxylic acids is 4. The van der Waals surface area contributed by atoms with Gasteiger partial charge in [0.05, 0.1) is 24.6 Å². The van der Waals surface area contributed by atoms with Crippen molar-refractivity contribution in [2.45, 2.75) is 36.1 Å². The van der Waals surface area contributed by atoms with E-state index in [0.717, 1.165) is 0 Å². The number of rotatable bonds is 6. The highest BCUT2D eigenvalue weighted by molar-refractivity contribution is 8.16. The zero-order chi connectivity index (χ0) is 31.7. The number of thioether (sulfide) groups is 2. The number of benzene rings is 2. The molecule has 2 aliphatic rings. The minimum Gasteiger partial charge on any atom is -0.481 e. The van der Waals surface area contributed by atoms with Crippen molar-refractivity contribution in [2.24, 2.45) is 5.41 Å². The summed E-state index contributed by atoms with van der Waals surface area (Å²) in [6.45, 7) is 3.15. The maximum Gasteiger partial charge on any atom is 0.286 e. The van der Waals surface area contributed by atoms with Gasteiger partial charge in [-0.1, -0.05) is 36.4 Å². The van der Waals surface area contributed by atoms with Crippen LogP contribution in [-0.4, -0.2) is 61.0 Å². The van der Waals surface area contributed by atoms with Crippen LogP contribution in [0, 0.1) is 16.7 Å². The smallest absolute Gasteiger partial charge is 0.286 e. The van der Waals surface area contributed by atoms with Crippen LogP contribution in [0.2, 0.25) is 0 Å². The Morgan fingerprint density at radius 2 is 1.50 bits per heavy atom. The minimum atomic E-state index is -1.80. The largest absolute Gasteiger partial charge is 0.481 e. The molecule has 2 aromatic carbocycles. The van der Waals surface area contributed by atoms with E-state index in [9.17, 15) is 24.4 Å². The van der Waals surface area contributed by atoms with Gasteiger partial charge in [0.25, 0.3) is 22.3 Å². The number of methoxy groups -OCH3 is 1. The summed E-state index contributed by atoms with van der Waals surface area (Å²) in [7, 11) is 2.90. The lowest BCUT2D eigenvalue weighted by Gasteiger charge is -2.52. The Morgan fingerprint density at radius 3 is 2.00 bits per heavy atom. The van der Waals surface area contributed by atoms with Gasteiger partial charge in [-0.15, -0.1) is 0 Å². The number of anilines is 2. The number of amides is 4. The highest BCUT2D eigenvalue weighted by Crippen LogP contribution is 2.62. The van der Waals surface area contributed by atoms with Crippen LogP contribution in [0.15, 0.2) is 79.0 Å². The van der Waals surface area contributed by atoms with Crippen LogP contribution in [0.4, 0.5) is 21.0 Å². The molecule has 0 saturated carbocycles. The molecule has 0 radical (unpaired) electrons. The van der Waals surface area contributed by atoms with E-state index < -0.39 is 43.5 Å². The summed E-state index contributed by atoms with van der Waals surface area (Å²) in [6.07, 6.45) is 1.35. The first-order valence-corrected chi connectivity index (χ1v) is 15.2. The first-order chi connectivity index (χ1) is 21.0. The Labute approximate surface area is 263 Å². The van der Waals surface area contributed by atoms with Gasteiger partial charge in [-0.3, -0.25) is 19.2 Å². The SMILES string of the molecule is COc1ccc(C2N3C(=O)[C@](C)(SC(=O)Nc4ccccc4)N(C)C(=O)C3(SC(=O)Nc3ccccc3)C[C@]2(C)C#N)cn1. The number of pyridine rings is 1. The fraction of sp³-hybridized carbons (Fsp3) is 0.290. The van der Waals surface area contributed by atoms with E-state index >= 15 is 0 Å². The lowest BCUT2D eigenvalue weighted by atomic mass is 9.80. The van der Waals surface area contributed by atoms with Gasteiger partial charge in [-0.05, 0) is 73.3 Å². The zero-order valence-corrected chi connectivity index (χ0v) is 26.1. The van der Waals surface area contributed by atoms with Crippen LogP contribution in [0.25, 0.3) is 0 Å². The second kappa shape index (κ2) is 11.9. The number of aromatic nitrogens is 1. The Balaban J connectivity index is 1.59. The van der Waals surface area contributed by atoms with E-state index in [1.54, 1.807) is 79.7 Å². The first-order valence-electron chi connectivity index (χ1n) is 13.6. The summed E-state index contributed by atoms with van der Waals surface area (Å²) in [5.74, 6) is -0.863. The number of hydrogen-bond donors (Lipinski definition) is 2. The van der Waals surface area contributed by atoms with Gasteiger partial charge in [0, 0.05) is 37.1 Å². The Bertz CT molecular complexity index is 1640. The Hall–Kier alpha value is -4.54. The molecule has 2 unspecified atom stereocenters. The van der Waals surface area contributed by atoms with Crippen molar-refractivity contribution in [2.75, 3.05) is 24.8 Å². The second-order valence-electron chi connectivity index (χ2n) is 10.8. The maximum atomic E-state index is 14.8. The van der Waals surface area contributed by atoms with E-state index in [4.69, 9.17) is 4.74 Å². The zero-order valence-electron chi connectivity index (χ0n) is 24.4. The molecule has 13 heteroatoms. The predicted octanol–water partition coefficient (Wildman–Crippen LogP) is 5.71. The molecular weight excluding hydrogens is 601 g/mol. The summed E-state index contributed by atoms with van der Waals surface area (Å²) in [6, 6.07) is 22.1. The minimum absolute atomic E-state index is 0.147. The number of nitrogens with one attached hydrogen (secondary N) is 2. The fourth-order valence-corrected chi connectivity index (χ4v) is 7.95. The third-order valence-corrected chi connectivity index (χ3v) is 10.2. The van der Waals surface area contributed by atoms with Gasteiger partial charge >= 0.3 is 0 Å². The van der Waals surface area contributed by atoms with Crippen molar-refractivity contribution in [3.8, 4) is 11.9 Å². The van der Waals surface area contributed by atoms with Crippen LogP contribution in [0.3, 0.4) is 0 Å². The van der Waals surface area contributed by atoms with Crippen molar-refractivity contribution in [3.05, 3.63) is 84.6 Å². The van der Waals surface area contributed by atoms with Gasteiger partial charge in [0.2, 0.25) is 5.88 Å². The van der Waals surface area contributed by atoms with Gasteiger partial charge < -0.3 is 25.2 Å². The second-order valence-corrected chi connectivity index (χ2v) is 13.4. The number of ether oxygens (including phenoxy) is 1. The summed E-state index contributed by atoms with van der Waals surface area (Å²) >= 11 is 1.31. The number of piperazine rings is 1. The molecule has 3 aromatic rings. The van der Waals surface area contributed by atoms with Gasteiger partial charge in [-0.2, -0.15) is 5.26 Å². The van der Waals surface area contributed by atoms with E-state index in [1.807, 2.05) is 0 Å². The number of hydrogen-bond acceptors (Lipinski definition) is 9. The van der Waals surface area contributed by atoms with Crippen molar-refractivity contribution in [1.29, 1.82) is 5.26 Å². The normalized spacial score (nSPS) is 26.0. The average Bonchev–Trinajstić information content (AvgIpc) is 3.29. The number of fused-ring (bicyclic) bond motifs is 1. The number of nitrogens with zero attached hydrogens (tertiary/aromatic N) is 4. The van der Waals surface area contributed by atoms with E-state index in [0.29, 0.717) is 46.3 Å².